The van der Waals surface area contributed by atoms with Gasteiger partial charge in [0.05, 0.1) is 6.61 Å². The maximum Gasteiger partial charge on any atom is 0.387 e. The molecule has 25 heavy (non-hydrogen) atoms. The predicted molar refractivity (Wildman–Crippen MR) is 97.1 cm³/mol. The molecular weight excluding hydrogens is 374 g/mol. The number of carbonyl (C=O) groups is 1. The third-order valence-corrected chi connectivity index (χ3v) is 4.60. The number of alkyl halides is 2. The fourth-order valence-electron chi connectivity index (χ4n) is 2.43. The van der Waals surface area contributed by atoms with E-state index in [-0.39, 0.29) is 42.4 Å². The van der Waals surface area contributed by atoms with Crippen LogP contribution in [-0.2, 0) is 11.3 Å². The van der Waals surface area contributed by atoms with Gasteiger partial charge in [-0.05, 0) is 13.0 Å². The average molecular weight is 397 g/mol. The summed E-state index contributed by atoms with van der Waals surface area (Å²) in [5.74, 6) is 2.04. The molecule has 9 heteroatoms. The first-order valence-electron chi connectivity index (χ1n) is 7.87. The maximum atomic E-state index is 12.7. The molecule has 1 unspecified atom stereocenters. The molecule has 5 nitrogen and oxygen atoms in total. The lowest BCUT2D eigenvalue weighted by molar-refractivity contribution is -0.121. The van der Waals surface area contributed by atoms with Crippen LogP contribution in [0, 0.1) is 0 Å². The molecule has 142 valence electrons. The van der Waals surface area contributed by atoms with E-state index in [4.69, 9.17) is 4.74 Å². The Morgan fingerprint density at radius 1 is 1.48 bits per heavy atom. The van der Waals surface area contributed by atoms with E-state index in [1.165, 1.54) is 0 Å². The monoisotopic (exact) mass is 396 g/mol. The zero-order valence-electron chi connectivity index (χ0n) is 13.9. The van der Waals surface area contributed by atoms with E-state index in [2.05, 4.69) is 15.4 Å². The van der Waals surface area contributed by atoms with E-state index in [0.29, 0.717) is 18.6 Å². The number of rotatable bonds is 8. The number of ether oxygens (including phenoxy) is 2. The van der Waals surface area contributed by atoms with Crippen molar-refractivity contribution in [2.24, 2.45) is 0 Å². The fraction of sp³-hybridized carbons (Fsp3) is 0.562. The van der Waals surface area contributed by atoms with Crippen molar-refractivity contribution in [2.75, 3.05) is 24.7 Å². The summed E-state index contributed by atoms with van der Waals surface area (Å²) >= 11 is 1.81. The van der Waals surface area contributed by atoms with Crippen LogP contribution in [0.2, 0.25) is 0 Å². The zero-order valence-corrected chi connectivity index (χ0v) is 15.6. The summed E-state index contributed by atoms with van der Waals surface area (Å²) < 4.78 is 35.2. The maximum absolute atomic E-state index is 12.7. The highest BCUT2D eigenvalue weighted by atomic mass is 35.5. The van der Waals surface area contributed by atoms with Gasteiger partial charge in [0.2, 0.25) is 5.91 Å². The van der Waals surface area contributed by atoms with Crippen molar-refractivity contribution in [3.63, 3.8) is 0 Å². The molecule has 0 radical (unpaired) electrons. The second-order valence-corrected chi connectivity index (χ2v) is 6.41. The van der Waals surface area contributed by atoms with Crippen LogP contribution in [0.25, 0.3) is 0 Å². The summed E-state index contributed by atoms with van der Waals surface area (Å²) in [4.78, 5) is 12.0. The van der Waals surface area contributed by atoms with Crippen LogP contribution in [0.3, 0.4) is 0 Å². The van der Waals surface area contributed by atoms with Gasteiger partial charge in [-0.15, -0.1) is 12.4 Å². The van der Waals surface area contributed by atoms with Crippen LogP contribution in [0.1, 0.15) is 18.9 Å². The Morgan fingerprint density at radius 2 is 2.28 bits per heavy atom. The number of carbonyl (C=O) groups excluding carboxylic acids is 1. The van der Waals surface area contributed by atoms with Crippen LogP contribution in [-0.4, -0.2) is 43.2 Å². The van der Waals surface area contributed by atoms with Gasteiger partial charge < -0.3 is 20.1 Å². The van der Waals surface area contributed by atoms with Gasteiger partial charge in [-0.3, -0.25) is 4.79 Å². The lowest BCUT2D eigenvalue weighted by Crippen LogP contribution is -2.41. The first-order valence-corrected chi connectivity index (χ1v) is 9.03. The molecule has 1 atom stereocenters. The topological polar surface area (TPSA) is 59.6 Å². The number of hydrogen-bond acceptors (Lipinski definition) is 5. The Labute approximate surface area is 156 Å². The van der Waals surface area contributed by atoms with Gasteiger partial charge in [-0.25, -0.2) is 0 Å². The second-order valence-electron chi connectivity index (χ2n) is 5.26. The van der Waals surface area contributed by atoms with Crippen LogP contribution in [0.4, 0.5) is 8.78 Å². The molecule has 0 saturated carbocycles. The smallest absolute Gasteiger partial charge is 0.387 e. The van der Waals surface area contributed by atoms with Crippen molar-refractivity contribution in [1.82, 2.24) is 10.6 Å². The number of thioether (sulfide) groups is 1. The first kappa shape index (κ1) is 21.8. The summed E-state index contributed by atoms with van der Waals surface area (Å²) in [5, 5.41) is 6.05. The molecule has 0 bridgehead atoms. The van der Waals surface area contributed by atoms with Gasteiger partial charge in [-0.2, -0.15) is 20.5 Å². The molecule has 1 aliphatic heterocycles. The largest absolute Gasteiger partial charge is 0.490 e. The minimum Gasteiger partial charge on any atom is -0.490 e. The molecule has 1 aromatic carbocycles. The van der Waals surface area contributed by atoms with Gasteiger partial charge in [0, 0.05) is 42.6 Å². The average Bonchev–Trinajstić information content (AvgIpc) is 2.56. The summed E-state index contributed by atoms with van der Waals surface area (Å²) in [5.41, 5.74) is 0.459. The molecule has 1 amide bonds. The molecule has 1 aromatic rings. The molecule has 0 spiro atoms. The SMILES string of the molecule is CCOc1cccc(CNC(=O)CC2CSCCN2)c1OC(F)F.Cl. The Morgan fingerprint density at radius 3 is 2.92 bits per heavy atom. The van der Waals surface area contributed by atoms with E-state index in [0.717, 1.165) is 18.1 Å². The zero-order chi connectivity index (χ0) is 17.4. The highest BCUT2D eigenvalue weighted by molar-refractivity contribution is 7.99. The van der Waals surface area contributed by atoms with Crippen LogP contribution in [0.5, 0.6) is 11.5 Å². The number of amides is 1. The Bertz CT molecular complexity index is 546. The third-order valence-electron chi connectivity index (χ3n) is 3.47. The standard InChI is InChI=1S/C16H22F2N2O3S.ClH/c1-2-22-13-5-3-4-11(15(13)23-16(17)18)9-20-14(21)8-12-10-24-7-6-19-12;/h3-5,12,16,19H,2,6-10H2,1H3,(H,20,21);1H. The lowest BCUT2D eigenvalue weighted by Gasteiger charge is -2.22. The Kier molecular flexibility index (Phi) is 9.92. The van der Waals surface area contributed by atoms with E-state index in [1.807, 2.05) is 11.8 Å². The van der Waals surface area contributed by atoms with E-state index < -0.39 is 6.61 Å². The molecule has 2 N–H and O–H groups in total. The summed E-state index contributed by atoms with van der Waals surface area (Å²) in [6.07, 6.45) is 0.364. The lowest BCUT2D eigenvalue weighted by atomic mass is 10.1. The van der Waals surface area contributed by atoms with E-state index >= 15 is 0 Å². The van der Waals surface area contributed by atoms with Crippen molar-refractivity contribution < 1.29 is 23.0 Å². The third kappa shape index (κ3) is 7.25. The van der Waals surface area contributed by atoms with Crippen LogP contribution >= 0.6 is 24.2 Å². The summed E-state index contributed by atoms with van der Waals surface area (Å²) in [7, 11) is 0. The Hall–Kier alpha value is -1.25. The quantitative estimate of drug-likeness (QED) is 0.707. The van der Waals surface area contributed by atoms with Gasteiger partial charge in [-0.1, -0.05) is 12.1 Å². The minimum atomic E-state index is -2.95. The molecule has 1 heterocycles. The normalized spacial score (nSPS) is 16.9. The van der Waals surface area contributed by atoms with Crippen molar-refractivity contribution in [3.05, 3.63) is 23.8 Å². The summed E-state index contributed by atoms with van der Waals surface area (Å²) in [6.45, 7) is 0.146. The van der Waals surface area contributed by atoms with Gasteiger partial charge in [0.1, 0.15) is 0 Å². The second kappa shape index (κ2) is 11.4. The number of halogens is 3. The molecule has 1 fully saturated rings. The number of benzene rings is 1. The molecule has 2 rings (SSSR count). The van der Waals surface area contributed by atoms with E-state index in [1.54, 1.807) is 25.1 Å². The number of para-hydroxylation sites is 1. The molecule has 0 aromatic heterocycles. The highest BCUT2D eigenvalue weighted by Crippen LogP contribution is 2.32. The van der Waals surface area contributed by atoms with Gasteiger partial charge >= 0.3 is 6.61 Å². The fourth-order valence-corrected chi connectivity index (χ4v) is 3.38. The Balaban J connectivity index is 0.00000312. The van der Waals surface area contributed by atoms with Gasteiger partial charge in [0.25, 0.3) is 0 Å². The minimum absolute atomic E-state index is 0. The summed E-state index contributed by atoms with van der Waals surface area (Å²) in [6, 6.07) is 5.03. The van der Waals surface area contributed by atoms with Crippen molar-refractivity contribution in [1.29, 1.82) is 0 Å². The number of hydrogen-bond donors (Lipinski definition) is 2. The molecule has 0 aliphatic carbocycles. The predicted octanol–water partition coefficient (Wildman–Crippen LogP) is 2.82. The van der Waals surface area contributed by atoms with Crippen LogP contribution < -0.4 is 20.1 Å². The molecule has 1 saturated heterocycles. The highest BCUT2D eigenvalue weighted by Gasteiger charge is 2.19. The molecular formula is C16H23ClF2N2O3S. The first-order chi connectivity index (χ1) is 11.6. The van der Waals surface area contributed by atoms with E-state index in [9.17, 15) is 13.6 Å². The van der Waals surface area contributed by atoms with Crippen LogP contribution in [0.15, 0.2) is 18.2 Å². The molecule has 1 aliphatic rings. The van der Waals surface area contributed by atoms with Crippen molar-refractivity contribution in [2.45, 2.75) is 32.5 Å². The van der Waals surface area contributed by atoms with Crippen molar-refractivity contribution >= 4 is 30.1 Å². The van der Waals surface area contributed by atoms with Gasteiger partial charge in [0.15, 0.2) is 11.5 Å². The van der Waals surface area contributed by atoms with Crippen molar-refractivity contribution in [3.8, 4) is 11.5 Å². The number of nitrogens with one attached hydrogen (secondary N) is 2.